The molecule has 0 aliphatic carbocycles. The van der Waals surface area contributed by atoms with Gasteiger partial charge in [0.25, 0.3) is 5.91 Å². The molecule has 2 aliphatic rings. The molecule has 7 nitrogen and oxygen atoms in total. The molecule has 0 fully saturated rings. The molecule has 1 aromatic heterocycles. The maximum Gasteiger partial charge on any atom is 0.259 e. The van der Waals surface area contributed by atoms with E-state index in [1.165, 1.54) is 29.2 Å². The molecule has 3 aromatic rings. The number of rotatable bonds is 7. The van der Waals surface area contributed by atoms with E-state index < -0.39 is 11.9 Å². The van der Waals surface area contributed by atoms with Gasteiger partial charge in [0.2, 0.25) is 5.91 Å². The summed E-state index contributed by atoms with van der Waals surface area (Å²) in [4.78, 5) is 50.0. The van der Waals surface area contributed by atoms with Gasteiger partial charge in [0, 0.05) is 16.0 Å². The first-order chi connectivity index (χ1) is 17.0. The van der Waals surface area contributed by atoms with E-state index >= 15 is 0 Å². The van der Waals surface area contributed by atoms with Crippen LogP contribution in [0.4, 0.5) is 10.1 Å². The lowest BCUT2D eigenvalue weighted by atomic mass is 10.1. The van der Waals surface area contributed by atoms with Crippen molar-refractivity contribution in [1.29, 1.82) is 0 Å². The average Bonchev–Trinajstić information content (AvgIpc) is 3.50. The molecule has 0 radical (unpaired) electrons. The maximum atomic E-state index is 13.3. The summed E-state index contributed by atoms with van der Waals surface area (Å²) in [6.07, 6.45) is -0.0845. The van der Waals surface area contributed by atoms with Gasteiger partial charge in [-0.15, -0.1) is 11.3 Å². The van der Waals surface area contributed by atoms with Crippen molar-refractivity contribution in [3.05, 3.63) is 87.9 Å². The van der Waals surface area contributed by atoms with E-state index in [9.17, 15) is 18.8 Å². The molecule has 2 aromatic carbocycles. The largest absolute Gasteiger partial charge is 0.351 e. The van der Waals surface area contributed by atoms with Crippen molar-refractivity contribution in [1.82, 2.24) is 10.2 Å². The van der Waals surface area contributed by atoms with Gasteiger partial charge >= 0.3 is 0 Å². The molecule has 0 unspecified atom stereocenters. The van der Waals surface area contributed by atoms with Gasteiger partial charge < -0.3 is 5.32 Å². The van der Waals surface area contributed by atoms with Crippen LogP contribution in [0.5, 0.6) is 0 Å². The quantitative estimate of drug-likeness (QED) is 0.487. The van der Waals surface area contributed by atoms with Crippen LogP contribution < -0.4 is 5.32 Å². The number of hydrogen-bond donors (Lipinski definition) is 1. The van der Waals surface area contributed by atoms with E-state index in [4.69, 9.17) is 0 Å². The Labute approximate surface area is 208 Å². The molecule has 0 saturated heterocycles. The van der Waals surface area contributed by atoms with Crippen LogP contribution in [0.3, 0.4) is 0 Å². The van der Waals surface area contributed by atoms with Crippen molar-refractivity contribution in [2.75, 3.05) is 5.75 Å². The number of para-hydroxylation sites is 1. The van der Waals surface area contributed by atoms with E-state index in [2.05, 4.69) is 15.3 Å². The number of thioether (sulfide) groups is 1. The number of nitrogens with one attached hydrogen (secondary N) is 1. The Hall–Kier alpha value is -3.63. The number of fused-ring (bicyclic) bond motifs is 3. The molecule has 0 saturated carbocycles. The van der Waals surface area contributed by atoms with Crippen molar-refractivity contribution >= 4 is 57.4 Å². The number of nitrogens with zero attached hydrogens (tertiary/aromatic N) is 3. The number of benzene rings is 2. The van der Waals surface area contributed by atoms with E-state index in [-0.39, 0.29) is 29.8 Å². The van der Waals surface area contributed by atoms with E-state index in [1.54, 1.807) is 11.3 Å². The highest BCUT2D eigenvalue weighted by molar-refractivity contribution is 8.14. The van der Waals surface area contributed by atoms with Gasteiger partial charge in [0.1, 0.15) is 17.7 Å². The third-order valence-electron chi connectivity index (χ3n) is 5.46. The van der Waals surface area contributed by atoms with E-state index in [0.717, 1.165) is 16.6 Å². The normalized spacial score (nSPS) is 16.3. The van der Waals surface area contributed by atoms with Crippen LogP contribution >= 0.6 is 23.1 Å². The molecule has 0 bridgehead atoms. The third-order valence-corrected chi connectivity index (χ3v) is 7.28. The van der Waals surface area contributed by atoms with Gasteiger partial charge in [-0.05, 0) is 47.8 Å². The Morgan fingerprint density at radius 3 is 2.66 bits per heavy atom. The van der Waals surface area contributed by atoms with Crippen LogP contribution in [-0.2, 0) is 16.1 Å². The molecule has 2 amide bonds. The Morgan fingerprint density at radius 2 is 1.89 bits per heavy atom. The SMILES string of the molecule is O=C(C[C@@H]1N=C2c3ccccc3N=C(SCC(=O)c3ccc(F)cc3)N2C1=O)NCc1cccs1. The first-order valence-corrected chi connectivity index (χ1v) is 12.7. The number of carbonyl (C=O) groups excluding carboxylic acids is 3. The second-order valence-corrected chi connectivity index (χ2v) is 9.81. The van der Waals surface area contributed by atoms with Gasteiger partial charge in [-0.1, -0.05) is 30.0 Å². The monoisotopic (exact) mass is 506 g/mol. The number of hydrogen-bond acceptors (Lipinski definition) is 7. The average molecular weight is 507 g/mol. The molecule has 35 heavy (non-hydrogen) atoms. The first kappa shape index (κ1) is 23.1. The predicted molar refractivity (Wildman–Crippen MR) is 135 cm³/mol. The van der Waals surface area contributed by atoms with Crippen molar-refractivity contribution in [3.63, 3.8) is 0 Å². The highest BCUT2D eigenvalue weighted by atomic mass is 32.2. The Balaban J connectivity index is 1.33. The van der Waals surface area contributed by atoms with Gasteiger partial charge in [0.15, 0.2) is 11.0 Å². The molecular formula is C25H19FN4O3S2. The number of amides is 2. The molecule has 5 rings (SSSR count). The van der Waals surface area contributed by atoms with E-state index in [0.29, 0.717) is 34.4 Å². The molecule has 1 N–H and O–H groups in total. The Bertz CT molecular complexity index is 1350. The summed E-state index contributed by atoms with van der Waals surface area (Å²) in [5, 5.41) is 5.09. The van der Waals surface area contributed by atoms with Crippen LogP contribution in [-0.4, -0.2) is 45.3 Å². The minimum absolute atomic E-state index is 0.00958. The van der Waals surface area contributed by atoms with Crippen molar-refractivity contribution in [2.24, 2.45) is 9.98 Å². The van der Waals surface area contributed by atoms with E-state index in [1.807, 2.05) is 41.8 Å². The standard InChI is InChI=1S/C25H19FN4O3S2/c26-16-9-7-15(8-10-16)21(31)14-35-25-29-19-6-2-1-5-18(19)23-28-20(24(33)30(23)25)12-22(32)27-13-17-4-3-11-34-17/h1-11,20H,12-14H2,(H,27,32)/t20-/m0/s1. The lowest BCUT2D eigenvalue weighted by Crippen LogP contribution is -2.42. The Morgan fingerprint density at radius 1 is 1.09 bits per heavy atom. The molecule has 0 spiro atoms. The van der Waals surface area contributed by atoms with Crippen LogP contribution in [0, 0.1) is 5.82 Å². The van der Waals surface area contributed by atoms with Crippen LogP contribution in [0.15, 0.2) is 76.0 Å². The minimum Gasteiger partial charge on any atom is -0.351 e. The van der Waals surface area contributed by atoms with Gasteiger partial charge in [-0.25, -0.2) is 14.3 Å². The van der Waals surface area contributed by atoms with Gasteiger partial charge in [-0.3, -0.25) is 19.4 Å². The topological polar surface area (TPSA) is 91.2 Å². The van der Waals surface area contributed by atoms with Gasteiger partial charge in [-0.2, -0.15) is 0 Å². The summed E-state index contributed by atoms with van der Waals surface area (Å²) in [7, 11) is 0. The number of amidine groups is 2. The fourth-order valence-corrected chi connectivity index (χ4v) is 5.27. The highest BCUT2D eigenvalue weighted by Crippen LogP contribution is 2.34. The number of ketones is 1. The smallest absolute Gasteiger partial charge is 0.259 e. The fourth-order valence-electron chi connectivity index (χ4n) is 3.73. The van der Waals surface area contributed by atoms with Crippen molar-refractivity contribution in [3.8, 4) is 0 Å². The molecule has 176 valence electrons. The number of Topliss-reactive ketones (excluding diaryl/α,β-unsaturated/α-hetero) is 1. The zero-order valence-corrected chi connectivity index (χ0v) is 19.9. The summed E-state index contributed by atoms with van der Waals surface area (Å²) in [5.74, 6) is -0.834. The lowest BCUT2D eigenvalue weighted by molar-refractivity contribution is -0.128. The summed E-state index contributed by atoms with van der Waals surface area (Å²) in [5.41, 5.74) is 1.70. The lowest BCUT2D eigenvalue weighted by Gasteiger charge is -2.25. The third kappa shape index (κ3) is 4.94. The molecular weight excluding hydrogens is 487 g/mol. The second-order valence-electron chi connectivity index (χ2n) is 7.83. The molecule has 10 heteroatoms. The van der Waals surface area contributed by atoms with Crippen LogP contribution in [0.2, 0.25) is 0 Å². The number of carbonyl (C=O) groups is 3. The molecule has 3 heterocycles. The number of thiophene rings is 1. The highest BCUT2D eigenvalue weighted by Gasteiger charge is 2.42. The maximum absolute atomic E-state index is 13.3. The second kappa shape index (κ2) is 9.93. The summed E-state index contributed by atoms with van der Waals surface area (Å²) in [6, 6.07) is 15.6. The van der Waals surface area contributed by atoms with Crippen LogP contribution in [0.25, 0.3) is 0 Å². The summed E-state index contributed by atoms with van der Waals surface area (Å²) >= 11 is 2.65. The summed E-state index contributed by atoms with van der Waals surface area (Å²) in [6.45, 7) is 0.397. The fraction of sp³-hybridized carbons (Fsp3) is 0.160. The Kier molecular flexibility index (Phi) is 6.56. The van der Waals surface area contributed by atoms with Gasteiger partial charge in [0.05, 0.1) is 24.4 Å². The zero-order valence-electron chi connectivity index (χ0n) is 18.3. The van der Waals surface area contributed by atoms with Crippen molar-refractivity contribution in [2.45, 2.75) is 19.0 Å². The number of halogens is 1. The number of aliphatic imine (C=N–C) groups is 2. The predicted octanol–water partition coefficient (Wildman–Crippen LogP) is 4.17. The summed E-state index contributed by atoms with van der Waals surface area (Å²) < 4.78 is 13.2. The first-order valence-electron chi connectivity index (χ1n) is 10.8. The molecule has 1 atom stereocenters. The minimum atomic E-state index is -0.877. The van der Waals surface area contributed by atoms with Crippen molar-refractivity contribution < 1.29 is 18.8 Å². The molecule has 2 aliphatic heterocycles. The van der Waals surface area contributed by atoms with Crippen LogP contribution in [0.1, 0.15) is 27.2 Å². The zero-order chi connectivity index (χ0) is 24.4.